The number of carbonyl (C=O) groups excluding carboxylic acids is 2. The van der Waals surface area contributed by atoms with Gasteiger partial charge in [-0.3, -0.25) is 9.59 Å². The summed E-state index contributed by atoms with van der Waals surface area (Å²) in [6, 6.07) is 22.4. The monoisotopic (exact) mass is 1020 g/mol. The summed E-state index contributed by atoms with van der Waals surface area (Å²) >= 11 is 1.99. The van der Waals surface area contributed by atoms with Crippen LogP contribution in [0.3, 0.4) is 0 Å². The van der Waals surface area contributed by atoms with Gasteiger partial charge in [-0.15, -0.1) is 0 Å². The van der Waals surface area contributed by atoms with Crippen LogP contribution in [-0.2, 0) is 23.5 Å². The summed E-state index contributed by atoms with van der Waals surface area (Å²) in [5.41, 5.74) is 0. The summed E-state index contributed by atoms with van der Waals surface area (Å²) in [5, 5.41) is 6.62. The van der Waals surface area contributed by atoms with Gasteiger partial charge in [0.05, 0.1) is 25.0 Å². The standard InChI is InChI=1S/C63H107NO5SSi/c1-63(2,3)71(59-46-34-24-35-47-59,60-48-36-25-37-49-60)69-53-55-70-54-50-64-58(44-32-26-38-51-67-61(65)56-40-28-20-16-12-8-4-5-9-13-17-21-29-41-56)45-33-27-39-52-68-62(66)57-42-30-22-18-14-10-6-7-11-15-19-23-31-43-57/h24-25,34-37,46-49,56-58,64H,4-23,26-33,38-45,50-55H2,1-3H3. The first-order valence-electron chi connectivity index (χ1n) is 30.2. The number of benzene rings is 2. The summed E-state index contributed by atoms with van der Waals surface area (Å²) in [6.45, 7) is 9.88. The van der Waals surface area contributed by atoms with Crippen molar-refractivity contribution in [1.82, 2.24) is 5.32 Å². The van der Waals surface area contributed by atoms with Crippen molar-refractivity contribution in [1.29, 1.82) is 0 Å². The van der Waals surface area contributed by atoms with E-state index >= 15 is 0 Å². The average molecular weight is 1020 g/mol. The molecule has 0 radical (unpaired) electrons. The van der Waals surface area contributed by atoms with Gasteiger partial charge in [-0.2, -0.15) is 11.8 Å². The fourth-order valence-electron chi connectivity index (χ4n) is 11.6. The van der Waals surface area contributed by atoms with Crippen LogP contribution in [0.2, 0.25) is 5.04 Å². The van der Waals surface area contributed by atoms with Crippen LogP contribution in [0.5, 0.6) is 0 Å². The average Bonchev–Trinajstić information content (AvgIpc) is 3.39. The Labute approximate surface area is 442 Å². The molecule has 8 heteroatoms. The molecule has 2 saturated carbocycles. The number of ether oxygens (including phenoxy) is 2. The second-order valence-electron chi connectivity index (χ2n) is 22.8. The van der Waals surface area contributed by atoms with E-state index in [-0.39, 0.29) is 28.8 Å². The van der Waals surface area contributed by atoms with E-state index in [0.717, 1.165) is 127 Å². The Balaban J connectivity index is 1.22. The van der Waals surface area contributed by atoms with Gasteiger partial charge in [0.15, 0.2) is 0 Å². The van der Waals surface area contributed by atoms with Crippen molar-refractivity contribution >= 4 is 42.4 Å². The van der Waals surface area contributed by atoms with Gasteiger partial charge in [0.2, 0.25) is 0 Å². The van der Waals surface area contributed by atoms with Gasteiger partial charge in [0.25, 0.3) is 8.32 Å². The summed E-state index contributed by atoms with van der Waals surface area (Å²) in [7, 11) is -2.53. The molecule has 2 fully saturated rings. The number of hydrogen-bond acceptors (Lipinski definition) is 7. The maximum absolute atomic E-state index is 13.3. The molecular weight excluding hydrogens is 911 g/mol. The molecule has 0 spiro atoms. The third-order valence-electron chi connectivity index (χ3n) is 15.9. The van der Waals surface area contributed by atoms with Crippen LogP contribution in [0.4, 0.5) is 0 Å². The van der Waals surface area contributed by atoms with E-state index in [1.807, 2.05) is 11.8 Å². The quantitative estimate of drug-likeness (QED) is 0.0638. The Kier molecular flexibility index (Phi) is 34.0. The summed E-state index contributed by atoms with van der Waals surface area (Å²) in [4.78, 5) is 26.6. The van der Waals surface area contributed by atoms with Crippen LogP contribution in [0.15, 0.2) is 60.7 Å². The highest BCUT2D eigenvalue weighted by atomic mass is 32.2. The Morgan fingerprint density at radius 2 is 0.845 bits per heavy atom. The van der Waals surface area contributed by atoms with Crippen molar-refractivity contribution in [2.75, 3.05) is 37.9 Å². The second kappa shape index (κ2) is 39.3. The molecule has 0 saturated heterocycles. The minimum atomic E-state index is -2.53. The topological polar surface area (TPSA) is 73.9 Å². The minimum Gasteiger partial charge on any atom is -0.465 e. The zero-order valence-corrected chi connectivity index (χ0v) is 48.0. The first-order chi connectivity index (χ1) is 34.8. The van der Waals surface area contributed by atoms with Crippen molar-refractivity contribution in [3.8, 4) is 0 Å². The Morgan fingerprint density at radius 3 is 1.20 bits per heavy atom. The maximum Gasteiger partial charge on any atom is 0.308 e. The molecule has 0 heterocycles. The molecule has 0 aliphatic heterocycles. The van der Waals surface area contributed by atoms with Crippen LogP contribution < -0.4 is 15.7 Å². The second-order valence-corrected chi connectivity index (χ2v) is 28.4. The van der Waals surface area contributed by atoms with Crippen LogP contribution in [-0.4, -0.2) is 64.2 Å². The van der Waals surface area contributed by atoms with Crippen LogP contribution in [0, 0.1) is 11.8 Å². The first-order valence-corrected chi connectivity index (χ1v) is 33.3. The van der Waals surface area contributed by atoms with E-state index < -0.39 is 8.32 Å². The lowest BCUT2D eigenvalue weighted by Crippen LogP contribution is -2.66. The van der Waals surface area contributed by atoms with Crippen molar-refractivity contribution < 1.29 is 23.5 Å². The fourth-order valence-corrected chi connectivity index (χ4v) is 17.0. The molecule has 2 aromatic carbocycles. The number of unbranched alkanes of at least 4 members (excludes halogenated alkanes) is 4. The third-order valence-corrected chi connectivity index (χ3v) is 21.9. The van der Waals surface area contributed by atoms with Gasteiger partial charge in [-0.25, -0.2) is 0 Å². The molecule has 404 valence electrons. The highest BCUT2D eigenvalue weighted by molar-refractivity contribution is 7.99. The van der Waals surface area contributed by atoms with E-state index in [1.165, 1.54) is 139 Å². The molecule has 0 aromatic heterocycles. The Bertz CT molecular complexity index is 1460. The number of nitrogens with one attached hydrogen (secondary N) is 1. The normalized spacial score (nSPS) is 18.1. The first kappa shape index (κ1) is 61.4. The van der Waals surface area contributed by atoms with Crippen molar-refractivity contribution in [3.05, 3.63) is 60.7 Å². The van der Waals surface area contributed by atoms with Gasteiger partial charge in [-0.05, 0) is 66.8 Å². The number of esters is 2. The predicted molar refractivity (Wildman–Crippen MR) is 308 cm³/mol. The molecule has 2 aromatic rings. The molecule has 0 atom stereocenters. The SMILES string of the molecule is CC(C)(C)[Si](OCCSCCNC(CCCCCOC(=O)C1CCCCCCCCCCCCCC1)CCCCCOC(=O)C1CCCCCCCCCCCCCC1)(c1ccccc1)c1ccccc1. The van der Waals surface area contributed by atoms with Crippen molar-refractivity contribution in [2.45, 2.75) is 263 Å². The van der Waals surface area contributed by atoms with E-state index in [4.69, 9.17) is 13.9 Å². The molecule has 1 N–H and O–H groups in total. The Hall–Kier alpha value is -2.13. The van der Waals surface area contributed by atoms with E-state index in [0.29, 0.717) is 19.3 Å². The summed E-state index contributed by atoms with van der Waals surface area (Å²) in [6.07, 6.45) is 44.0. The summed E-state index contributed by atoms with van der Waals surface area (Å²) in [5.74, 6) is 2.32. The van der Waals surface area contributed by atoms with Gasteiger partial charge in [0, 0.05) is 30.7 Å². The molecule has 0 unspecified atom stereocenters. The van der Waals surface area contributed by atoms with Gasteiger partial charge in [0.1, 0.15) is 0 Å². The minimum absolute atomic E-state index is 0.0191. The zero-order valence-electron chi connectivity index (χ0n) is 46.2. The van der Waals surface area contributed by atoms with Gasteiger partial charge in [-0.1, -0.05) is 261 Å². The largest absolute Gasteiger partial charge is 0.465 e. The maximum atomic E-state index is 13.3. The highest BCUT2D eigenvalue weighted by Crippen LogP contribution is 2.37. The molecule has 71 heavy (non-hydrogen) atoms. The smallest absolute Gasteiger partial charge is 0.308 e. The predicted octanol–water partition coefficient (Wildman–Crippen LogP) is 16.6. The van der Waals surface area contributed by atoms with E-state index in [2.05, 4.69) is 86.8 Å². The van der Waals surface area contributed by atoms with Crippen molar-refractivity contribution in [2.24, 2.45) is 11.8 Å². The van der Waals surface area contributed by atoms with Gasteiger partial charge >= 0.3 is 11.9 Å². The Morgan fingerprint density at radius 1 is 0.493 bits per heavy atom. The molecule has 4 rings (SSSR count). The molecule has 2 aliphatic rings. The molecule has 0 bridgehead atoms. The lowest BCUT2D eigenvalue weighted by atomic mass is 9.94. The summed E-state index contributed by atoms with van der Waals surface area (Å²) < 4.78 is 19.1. The number of thioether (sulfide) groups is 1. The van der Waals surface area contributed by atoms with Crippen LogP contribution in [0.1, 0.15) is 252 Å². The number of hydrogen-bond donors (Lipinski definition) is 1. The fraction of sp³-hybridized carbons (Fsp3) is 0.778. The lowest BCUT2D eigenvalue weighted by molar-refractivity contribution is -0.150. The zero-order chi connectivity index (χ0) is 50.3. The molecule has 2 aliphatic carbocycles. The van der Waals surface area contributed by atoms with E-state index in [1.54, 1.807) is 0 Å². The molecule has 0 amide bonds. The number of rotatable bonds is 24. The third kappa shape index (κ3) is 26.3. The number of carbonyl (C=O) groups is 2. The molecular formula is C63H107NO5SSi. The lowest BCUT2D eigenvalue weighted by Gasteiger charge is -2.43. The van der Waals surface area contributed by atoms with Crippen LogP contribution in [0.25, 0.3) is 0 Å². The molecule has 6 nitrogen and oxygen atoms in total. The highest BCUT2D eigenvalue weighted by Gasteiger charge is 2.50. The van der Waals surface area contributed by atoms with Crippen LogP contribution >= 0.6 is 11.8 Å². The van der Waals surface area contributed by atoms with Crippen molar-refractivity contribution in [3.63, 3.8) is 0 Å². The van der Waals surface area contributed by atoms with Gasteiger partial charge < -0.3 is 19.2 Å². The van der Waals surface area contributed by atoms with E-state index in [9.17, 15) is 9.59 Å².